The minimum absolute atomic E-state index is 0.150. The lowest BCUT2D eigenvalue weighted by molar-refractivity contribution is -0.132. The van der Waals surface area contributed by atoms with Gasteiger partial charge in [-0.15, -0.1) is 0 Å². The second-order valence-corrected chi connectivity index (χ2v) is 11.4. The maximum atomic E-state index is 13.4. The van der Waals surface area contributed by atoms with E-state index in [1.807, 2.05) is 4.90 Å². The zero-order valence-electron chi connectivity index (χ0n) is 23.6. The highest BCUT2D eigenvalue weighted by Crippen LogP contribution is 2.31. The lowest BCUT2D eigenvalue weighted by Crippen LogP contribution is -2.42. The molecule has 2 N–H and O–H groups in total. The number of carbonyl (C=O) groups is 1. The van der Waals surface area contributed by atoms with Crippen molar-refractivity contribution in [2.45, 2.75) is 70.4 Å². The van der Waals surface area contributed by atoms with Gasteiger partial charge in [-0.1, -0.05) is 62.4 Å². The molecule has 1 fully saturated rings. The third kappa shape index (κ3) is 6.34. The molecule has 0 spiro atoms. The summed E-state index contributed by atoms with van der Waals surface area (Å²) in [4.78, 5) is 20.6. The Morgan fingerprint density at radius 1 is 1.10 bits per heavy atom. The summed E-state index contributed by atoms with van der Waals surface area (Å²) in [5, 5.41) is 2.43. The van der Waals surface area contributed by atoms with E-state index in [2.05, 4.69) is 79.1 Å². The molecule has 1 saturated heterocycles. The summed E-state index contributed by atoms with van der Waals surface area (Å²) in [6.45, 7) is 7.50. The first kappa shape index (κ1) is 27.4. The molecule has 39 heavy (non-hydrogen) atoms. The molecular formula is C33H42N4O2. The normalized spacial score (nSPS) is 16.8. The first-order chi connectivity index (χ1) is 18.9. The Bertz CT molecular complexity index is 1430. The third-order valence-electron chi connectivity index (χ3n) is 8.09. The summed E-state index contributed by atoms with van der Waals surface area (Å²) in [6.07, 6.45) is 4.01. The molecule has 1 amide bonds. The predicted octanol–water partition coefficient (Wildman–Crippen LogP) is 6.02. The smallest absolute Gasteiger partial charge is 0.224 e. The van der Waals surface area contributed by atoms with Crippen molar-refractivity contribution in [3.8, 4) is 0 Å². The van der Waals surface area contributed by atoms with Crippen LogP contribution in [-0.2, 0) is 22.5 Å². The molecule has 1 unspecified atom stereocenters. The fraction of sp³-hybridized carbons (Fsp3) is 0.455. The van der Waals surface area contributed by atoms with Crippen molar-refractivity contribution >= 4 is 27.7 Å². The van der Waals surface area contributed by atoms with Crippen LogP contribution in [0.1, 0.15) is 68.3 Å². The van der Waals surface area contributed by atoms with E-state index in [0.717, 1.165) is 43.7 Å². The van der Waals surface area contributed by atoms with Crippen molar-refractivity contribution < 1.29 is 9.53 Å². The van der Waals surface area contributed by atoms with Crippen LogP contribution in [0.15, 0.2) is 60.7 Å². The highest BCUT2D eigenvalue weighted by molar-refractivity contribution is 5.83. The summed E-state index contributed by atoms with van der Waals surface area (Å²) in [5.41, 5.74) is 11.2. The van der Waals surface area contributed by atoms with Gasteiger partial charge in [0.2, 0.25) is 5.91 Å². The lowest BCUT2D eigenvalue weighted by atomic mass is 9.95. The van der Waals surface area contributed by atoms with Gasteiger partial charge in [-0.25, -0.2) is 4.98 Å². The van der Waals surface area contributed by atoms with Crippen LogP contribution in [-0.4, -0.2) is 53.2 Å². The topological polar surface area (TPSA) is 73.4 Å². The molecule has 0 aliphatic carbocycles. The molecule has 0 saturated carbocycles. The van der Waals surface area contributed by atoms with Crippen LogP contribution in [0, 0.1) is 0 Å². The van der Waals surface area contributed by atoms with Gasteiger partial charge < -0.3 is 19.9 Å². The molecule has 1 aromatic heterocycles. The second-order valence-electron chi connectivity index (χ2n) is 11.4. The Morgan fingerprint density at radius 3 is 2.72 bits per heavy atom. The van der Waals surface area contributed by atoms with E-state index in [0.29, 0.717) is 31.9 Å². The molecule has 2 heterocycles. The number of ether oxygens (including phenoxy) is 1. The van der Waals surface area contributed by atoms with Gasteiger partial charge in [0, 0.05) is 51.7 Å². The van der Waals surface area contributed by atoms with Crippen molar-refractivity contribution in [2.24, 2.45) is 5.73 Å². The molecule has 1 aliphatic heterocycles. The molecule has 1 aliphatic rings. The predicted molar refractivity (Wildman–Crippen MR) is 159 cm³/mol. The maximum absolute atomic E-state index is 13.4. The summed E-state index contributed by atoms with van der Waals surface area (Å²) in [5.74, 6) is 1.92. The highest BCUT2D eigenvalue weighted by atomic mass is 16.5. The Labute approximate surface area is 232 Å². The number of hydrogen-bond acceptors (Lipinski definition) is 4. The summed E-state index contributed by atoms with van der Waals surface area (Å²) < 4.78 is 7.70. The molecule has 206 valence electrons. The van der Waals surface area contributed by atoms with Crippen LogP contribution < -0.4 is 5.73 Å². The van der Waals surface area contributed by atoms with Crippen LogP contribution in [0.25, 0.3) is 21.8 Å². The van der Waals surface area contributed by atoms with Crippen molar-refractivity contribution in [2.75, 3.05) is 26.8 Å². The average molecular weight is 527 g/mol. The average Bonchev–Trinajstić information content (AvgIpc) is 3.31. The van der Waals surface area contributed by atoms with Gasteiger partial charge in [-0.2, -0.15) is 0 Å². The Balaban J connectivity index is 1.29. The van der Waals surface area contributed by atoms with Crippen molar-refractivity contribution in [3.05, 3.63) is 77.6 Å². The van der Waals surface area contributed by atoms with E-state index in [1.165, 1.54) is 27.4 Å². The van der Waals surface area contributed by atoms with E-state index >= 15 is 0 Å². The summed E-state index contributed by atoms with van der Waals surface area (Å²) >= 11 is 0. The molecule has 6 nitrogen and oxygen atoms in total. The van der Waals surface area contributed by atoms with Crippen LogP contribution in [0.3, 0.4) is 0 Å². The van der Waals surface area contributed by atoms with E-state index in [-0.39, 0.29) is 17.9 Å². The molecule has 2 atom stereocenters. The standard InChI is InChI=1S/C33H42N4O2/c1-23(2)26-13-14-31-30(20-26)35-33(37(31)16-7-17-39-3)28-10-6-15-36(22-28)32(38)21-29(34)19-24-11-12-25-8-4-5-9-27(25)18-24/h4-5,8-9,11-14,18,20,23,28-29H,6-7,10,15-17,19,21-22,34H2,1-3H3/t28?,29-/m1/s1. The van der Waals surface area contributed by atoms with Crippen molar-refractivity contribution in [1.29, 1.82) is 0 Å². The number of carbonyl (C=O) groups excluding carboxylic acids is 1. The lowest BCUT2D eigenvalue weighted by Gasteiger charge is -2.33. The van der Waals surface area contributed by atoms with E-state index < -0.39 is 0 Å². The van der Waals surface area contributed by atoms with E-state index in [4.69, 9.17) is 15.5 Å². The van der Waals surface area contributed by atoms with Gasteiger partial charge in [0.15, 0.2) is 0 Å². The number of benzene rings is 3. The number of aromatic nitrogens is 2. The van der Waals surface area contributed by atoms with E-state index in [9.17, 15) is 4.79 Å². The van der Waals surface area contributed by atoms with Crippen LogP contribution in [0.2, 0.25) is 0 Å². The Hall–Kier alpha value is -3.22. The number of nitrogens with two attached hydrogens (primary N) is 1. The molecule has 6 heteroatoms. The molecule has 3 aromatic carbocycles. The van der Waals surface area contributed by atoms with Crippen molar-refractivity contribution in [3.63, 3.8) is 0 Å². The number of methoxy groups -OCH3 is 1. The summed E-state index contributed by atoms with van der Waals surface area (Å²) in [6, 6.07) is 21.3. The Morgan fingerprint density at radius 2 is 1.92 bits per heavy atom. The van der Waals surface area contributed by atoms with E-state index in [1.54, 1.807) is 7.11 Å². The number of aryl methyl sites for hydroxylation is 1. The number of likely N-dealkylation sites (tertiary alicyclic amines) is 1. The third-order valence-corrected chi connectivity index (χ3v) is 8.09. The minimum atomic E-state index is -0.202. The highest BCUT2D eigenvalue weighted by Gasteiger charge is 2.29. The SMILES string of the molecule is COCCCn1c(C2CCCN(C(=O)C[C@H](N)Cc3ccc4ccccc4c3)C2)nc2cc(C(C)C)ccc21. The first-order valence-electron chi connectivity index (χ1n) is 14.4. The van der Waals surface area contributed by atoms with Crippen molar-refractivity contribution in [1.82, 2.24) is 14.5 Å². The van der Waals surface area contributed by atoms with Crippen LogP contribution in [0.4, 0.5) is 0 Å². The fourth-order valence-electron chi connectivity index (χ4n) is 5.95. The number of piperidine rings is 1. The quantitative estimate of drug-likeness (QED) is 0.257. The zero-order valence-corrected chi connectivity index (χ0v) is 23.6. The molecule has 0 bridgehead atoms. The molecule has 4 aromatic rings. The number of rotatable bonds is 10. The summed E-state index contributed by atoms with van der Waals surface area (Å²) in [7, 11) is 1.75. The fourth-order valence-corrected chi connectivity index (χ4v) is 5.95. The minimum Gasteiger partial charge on any atom is -0.385 e. The molecule has 5 rings (SSSR count). The van der Waals surface area contributed by atoms with Gasteiger partial charge in [0.05, 0.1) is 11.0 Å². The maximum Gasteiger partial charge on any atom is 0.224 e. The Kier molecular flexibility index (Phi) is 8.63. The zero-order chi connectivity index (χ0) is 27.4. The van der Waals surface area contributed by atoms with Gasteiger partial charge in [-0.05, 0) is 65.6 Å². The van der Waals surface area contributed by atoms with Gasteiger partial charge in [-0.3, -0.25) is 4.79 Å². The molecular weight excluding hydrogens is 484 g/mol. The van der Waals surface area contributed by atoms with Gasteiger partial charge in [0.25, 0.3) is 0 Å². The number of hydrogen-bond donors (Lipinski definition) is 1. The van der Waals surface area contributed by atoms with Gasteiger partial charge >= 0.3 is 0 Å². The monoisotopic (exact) mass is 526 g/mol. The number of imidazole rings is 1. The van der Waals surface area contributed by atoms with Crippen LogP contribution in [0.5, 0.6) is 0 Å². The number of amides is 1. The number of fused-ring (bicyclic) bond motifs is 2. The largest absolute Gasteiger partial charge is 0.385 e. The van der Waals surface area contributed by atoms with Gasteiger partial charge in [0.1, 0.15) is 5.82 Å². The second kappa shape index (κ2) is 12.3. The first-order valence-corrected chi connectivity index (χ1v) is 14.4. The molecule has 0 radical (unpaired) electrons. The number of nitrogens with zero attached hydrogens (tertiary/aromatic N) is 3. The van der Waals surface area contributed by atoms with Crippen LogP contribution >= 0.6 is 0 Å².